The Morgan fingerprint density at radius 1 is 1.12 bits per heavy atom. The van der Waals surface area contributed by atoms with E-state index >= 15 is 0 Å². The van der Waals surface area contributed by atoms with E-state index < -0.39 is 0 Å². The number of anilines is 1. The minimum atomic E-state index is 0.0410. The summed E-state index contributed by atoms with van der Waals surface area (Å²) in [6.45, 7) is 6.92. The molecule has 24 heavy (non-hydrogen) atoms. The molecule has 5 heteroatoms. The van der Waals surface area contributed by atoms with Crippen molar-refractivity contribution in [2.75, 3.05) is 38.2 Å². The highest BCUT2D eigenvalue weighted by molar-refractivity contribution is 5.97. The Hall–Kier alpha value is -2.56. The number of aryl methyl sites for hydroxylation is 2. The van der Waals surface area contributed by atoms with Gasteiger partial charge in [0.25, 0.3) is 5.91 Å². The van der Waals surface area contributed by atoms with E-state index in [4.69, 9.17) is 4.74 Å². The first kappa shape index (κ1) is 16.3. The van der Waals surface area contributed by atoms with E-state index in [1.54, 1.807) is 13.3 Å². The van der Waals surface area contributed by atoms with E-state index in [1.807, 2.05) is 49.1 Å². The average Bonchev–Trinajstić information content (AvgIpc) is 2.61. The van der Waals surface area contributed by atoms with E-state index in [2.05, 4.69) is 9.88 Å². The van der Waals surface area contributed by atoms with Gasteiger partial charge in [-0.3, -0.25) is 4.79 Å². The number of hydrogen-bond acceptors (Lipinski definition) is 4. The molecule has 1 aromatic carbocycles. The van der Waals surface area contributed by atoms with Crippen LogP contribution in [0.4, 0.5) is 5.82 Å². The van der Waals surface area contributed by atoms with Crippen molar-refractivity contribution in [2.45, 2.75) is 13.8 Å². The van der Waals surface area contributed by atoms with E-state index in [0.29, 0.717) is 24.4 Å². The minimum absolute atomic E-state index is 0.0410. The lowest BCUT2D eigenvalue weighted by Crippen LogP contribution is -2.49. The number of carbonyl (C=O) groups excluding carboxylic acids is 1. The molecule has 0 spiro atoms. The van der Waals surface area contributed by atoms with Crippen molar-refractivity contribution in [3.63, 3.8) is 0 Å². The smallest absolute Gasteiger partial charge is 0.257 e. The number of hydrogen-bond donors (Lipinski definition) is 0. The second-order valence-electron chi connectivity index (χ2n) is 6.13. The number of ether oxygens (including phenoxy) is 1. The van der Waals surface area contributed by atoms with Gasteiger partial charge in [-0.15, -0.1) is 0 Å². The second kappa shape index (κ2) is 6.91. The quantitative estimate of drug-likeness (QED) is 0.870. The fourth-order valence-corrected chi connectivity index (χ4v) is 3.23. The van der Waals surface area contributed by atoms with Crippen LogP contribution in [0.2, 0.25) is 0 Å². The monoisotopic (exact) mass is 325 g/mol. The molecule has 2 aromatic rings. The van der Waals surface area contributed by atoms with E-state index in [-0.39, 0.29) is 5.91 Å². The molecule has 1 fully saturated rings. The van der Waals surface area contributed by atoms with Crippen LogP contribution in [0, 0.1) is 13.8 Å². The fourth-order valence-electron chi connectivity index (χ4n) is 3.23. The van der Waals surface area contributed by atoms with Crippen molar-refractivity contribution in [3.8, 4) is 5.75 Å². The first-order chi connectivity index (χ1) is 11.6. The molecule has 126 valence electrons. The lowest BCUT2D eigenvalue weighted by atomic mass is 10.0. The molecule has 0 N–H and O–H groups in total. The maximum atomic E-state index is 12.9. The van der Waals surface area contributed by atoms with Gasteiger partial charge >= 0.3 is 0 Å². The van der Waals surface area contributed by atoms with Crippen LogP contribution in [-0.2, 0) is 0 Å². The number of pyridine rings is 1. The van der Waals surface area contributed by atoms with E-state index in [1.165, 1.54) is 0 Å². The molecule has 1 aliphatic rings. The zero-order valence-corrected chi connectivity index (χ0v) is 14.5. The van der Waals surface area contributed by atoms with Crippen LogP contribution in [0.3, 0.4) is 0 Å². The van der Waals surface area contributed by atoms with Gasteiger partial charge in [-0.05, 0) is 43.2 Å². The summed E-state index contributed by atoms with van der Waals surface area (Å²) in [5, 5.41) is 0. The minimum Gasteiger partial charge on any atom is -0.496 e. The van der Waals surface area contributed by atoms with Crippen LogP contribution in [0.25, 0.3) is 0 Å². The Morgan fingerprint density at radius 3 is 2.50 bits per heavy atom. The van der Waals surface area contributed by atoms with Crippen LogP contribution in [-0.4, -0.2) is 49.1 Å². The van der Waals surface area contributed by atoms with Gasteiger partial charge in [0.1, 0.15) is 11.6 Å². The Balaban J connectivity index is 1.74. The maximum Gasteiger partial charge on any atom is 0.257 e. The van der Waals surface area contributed by atoms with Gasteiger partial charge in [-0.1, -0.05) is 12.1 Å². The number of piperazine rings is 1. The summed E-state index contributed by atoms with van der Waals surface area (Å²) in [6, 6.07) is 9.86. The topological polar surface area (TPSA) is 45.7 Å². The Labute approximate surface area is 142 Å². The Morgan fingerprint density at radius 2 is 1.88 bits per heavy atom. The van der Waals surface area contributed by atoms with Crippen molar-refractivity contribution < 1.29 is 9.53 Å². The number of methoxy groups -OCH3 is 1. The number of amides is 1. The summed E-state index contributed by atoms with van der Waals surface area (Å²) in [5.74, 6) is 1.69. The molecule has 1 aromatic heterocycles. The highest BCUT2D eigenvalue weighted by Gasteiger charge is 2.25. The Kier molecular flexibility index (Phi) is 4.69. The third-order valence-electron chi connectivity index (χ3n) is 4.39. The predicted octanol–water partition coefficient (Wildman–Crippen LogP) is 2.67. The van der Waals surface area contributed by atoms with Crippen LogP contribution in [0.5, 0.6) is 5.75 Å². The second-order valence-corrected chi connectivity index (χ2v) is 6.13. The molecule has 1 saturated heterocycles. The molecule has 5 nitrogen and oxygen atoms in total. The van der Waals surface area contributed by atoms with Gasteiger partial charge in [-0.25, -0.2) is 4.98 Å². The van der Waals surface area contributed by atoms with Crippen molar-refractivity contribution in [3.05, 3.63) is 53.2 Å². The molecular formula is C19H23N3O2. The van der Waals surface area contributed by atoms with E-state index in [0.717, 1.165) is 30.0 Å². The lowest BCUT2D eigenvalue weighted by molar-refractivity contribution is 0.0743. The SMILES string of the molecule is COc1c(C)cc(C)cc1C(=O)N1CCN(c2ccccn2)CC1. The van der Waals surface area contributed by atoms with Crippen LogP contribution in [0.15, 0.2) is 36.5 Å². The maximum absolute atomic E-state index is 12.9. The molecular weight excluding hydrogens is 302 g/mol. The van der Waals surface area contributed by atoms with Crippen LogP contribution < -0.4 is 9.64 Å². The van der Waals surface area contributed by atoms with E-state index in [9.17, 15) is 4.79 Å². The molecule has 0 saturated carbocycles. The summed E-state index contributed by atoms with van der Waals surface area (Å²) in [4.78, 5) is 21.4. The highest BCUT2D eigenvalue weighted by Crippen LogP contribution is 2.27. The lowest BCUT2D eigenvalue weighted by Gasteiger charge is -2.35. The van der Waals surface area contributed by atoms with Gasteiger partial charge in [0.2, 0.25) is 0 Å². The molecule has 0 bridgehead atoms. The largest absolute Gasteiger partial charge is 0.496 e. The predicted molar refractivity (Wildman–Crippen MR) is 94.8 cm³/mol. The number of rotatable bonds is 3. The molecule has 0 aliphatic carbocycles. The molecule has 3 rings (SSSR count). The molecule has 1 amide bonds. The number of aromatic nitrogens is 1. The standard InChI is InChI=1S/C19H23N3O2/c1-14-12-15(2)18(24-3)16(13-14)19(23)22-10-8-21(9-11-22)17-6-4-5-7-20-17/h4-7,12-13H,8-11H2,1-3H3. The third kappa shape index (κ3) is 3.20. The van der Waals surface area contributed by atoms with Crippen molar-refractivity contribution >= 4 is 11.7 Å². The van der Waals surface area contributed by atoms with Gasteiger partial charge in [-0.2, -0.15) is 0 Å². The fraction of sp³-hybridized carbons (Fsp3) is 0.368. The highest BCUT2D eigenvalue weighted by atomic mass is 16.5. The van der Waals surface area contributed by atoms with Crippen molar-refractivity contribution in [1.29, 1.82) is 0 Å². The Bertz CT molecular complexity index is 723. The zero-order valence-electron chi connectivity index (χ0n) is 14.5. The van der Waals surface area contributed by atoms with Crippen LogP contribution >= 0.6 is 0 Å². The first-order valence-electron chi connectivity index (χ1n) is 8.20. The molecule has 1 aliphatic heterocycles. The first-order valence-corrected chi connectivity index (χ1v) is 8.20. The van der Waals surface area contributed by atoms with Gasteiger partial charge in [0, 0.05) is 32.4 Å². The van der Waals surface area contributed by atoms with Crippen molar-refractivity contribution in [2.24, 2.45) is 0 Å². The van der Waals surface area contributed by atoms with Crippen LogP contribution in [0.1, 0.15) is 21.5 Å². The summed E-state index contributed by atoms with van der Waals surface area (Å²) in [7, 11) is 1.62. The average molecular weight is 325 g/mol. The summed E-state index contributed by atoms with van der Waals surface area (Å²) in [5.41, 5.74) is 2.72. The normalized spacial score (nSPS) is 14.6. The van der Waals surface area contributed by atoms with Gasteiger partial charge in [0.05, 0.1) is 12.7 Å². The number of benzene rings is 1. The van der Waals surface area contributed by atoms with Gasteiger partial charge in [0.15, 0.2) is 0 Å². The van der Waals surface area contributed by atoms with Gasteiger partial charge < -0.3 is 14.5 Å². The molecule has 0 radical (unpaired) electrons. The summed E-state index contributed by atoms with van der Waals surface area (Å²) < 4.78 is 5.47. The third-order valence-corrected chi connectivity index (χ3v) is 4.39. The molecule has 0 atom stereocenters. The molecule has 0 unspecified atom stereocenters. The number of carbonyl (C=O) groups is 1. The zero-order chi connectivity index (χ0) is 17.1. The molecule has 2 heterocycles. The summed E-state index contributed by atoms with van der Waals surface area (Å²) in [6.07, 6.45) is 1.80. The number of nitrogens with zero attached hydrogens (tertiary/aromatic N) is 3. The van der Waals surface area contributed by atoms with Crippen molar-refractivity contribution in [1.82, 2.24) is 9.88 Å². The summed E-state index contributed by atoms with van der Waals surface area (Å²) >= 11 is 0.